The third-order valence-electron chi connectivity index (χ3n) is 4.39. The Labute approximate surface area is 134 Å². The monoisotopic (exact) mass is 324 g/mol. The van der Waals surface area contributed by atoms with Gasteiger partial charge in [-0.2, -0.15) is 0 Å². The van der Waals surface area contributed by atoms with Gasteiger partial charge in [-0.05, 0) is 31.0 Å². The van der Waals surface area contributed by atoms with Crippen LogP contribution >= 0.6 is 12.4 Å². The minimum Gasteiger partial charge on any atom is -0.403 e. The summed E-state index contributed by atoms with van der Waals surface area (Å²) in [6, 6.07) is 7.28. The van der Waals surface area contributed by atoms with Crippen LogP contribution in [0, 0.1) is 5.82 Å². The van der Waals surface area contributed by atoms with Gasteiger partial charge >= 0.3 is 6.01 Å². The molecule has 0 saturated carbocycles. The zero-order chi connectivity index (χ0) is 14.2. The SMILES string of the molecule is Cl.Fc1cccc(-c2nnc(N3CCN4CCC3CC4)o2)c1. The quantitative estimate of drug-likeness (QED) is 0.849. The molecule has 3 saturated heterocycles. The zero-order valence-corrected chi connectivity index (χ0v) is 12.9. The van der Waals surface area contributed by atoms with Crippen molar-refractivity contribution in [2.24, 2.45) is 0 Å². The summed E-state index contributed by atoms with van der Waals surface area (Å²) < 4.78 is 19.1. The summed E-state index contributed by atoms with van der Waals surface area (Å²) in [7, 11) is 0. The molecule has 118 valence electrons. The van der Waals surface area contributed by atoms with Gasteiger partial charge in [0, 0.05) is 37.8 Å². The fourth-order valence-corrected chi connectivity index (χ4v) is 3.21. The second-order valence-corrected chi connectivity index (χ2v) is 5.67. The molecule has 0 N–H and O–H groups in total. The van der Waals surface area contributed by atoms with E-state index in [0.717, 1.165) is 39.0 Å². The van der Waals surface area contributed by atoms with E-state index in [4.69, 9.17) is 4.42 Å². The summed E-state index contributed by atoms with van der Waals surface area (Å²) in [5, 5.41) is 8.25. The number of halogens is 2. The molecule has 1 aromatic heterocycles. The Morgan fingerprint density at radius 1 is 1.09 bits per heavy atom. The topological polar surface area (TPSA) is 45.4 Å². The summed E-state index contributed by atoms with van der Waals surface area (Å²) in [4.78, 5) is 4.68. The maximum Gasteiger partial charge on any atom is 0.318 e. The van der Waals surface area contributed by atoms with Crippen molar-refractivity contribution in [2.45, 2.75) is 18.9 Å². The first-order valence-electron chi connectivity index (χ1n) is 7.38. The van der Waals surface area contributed by atoms with E-state index >= 15 is 0 Å². The Bertz CT molecular complexity index is 642. The number of anilines is 1. The van der Waals surface area contributed by atoms with Gasteiger partial charge in [-0.3, -0.25) is 0 Å². The highest BCUT2D eigenvalue weighted by Crippen LogP contribution is 2.28. The van der Waals surface area contributed by atoms with Crippen LogP contribution in [0.15, 0.2) is 28.7 Å². The molecule has 0 amide bonds. The van der Waals surface area contributed by atoms with Crippen molar-refractivity contribution in [3.63, 3.8) is 0 Å². The molecule has 22 heavy (non-hydrogen) atoms. The maximum atomic E-state index is 13.3. The van der Waals surface area contributed by atoms with Crippen molar-refractivity contribution in [1.29, 1.82) is 0 Å². The lowest BCUT2D eigenvalue weighted by Gasteiger charge is -2.29. The van der Waals surface area contributed by atoms with Gasteiger partial charge in [0.25, 0.3) is 0 Å². The Hall–Kier alpha value is -1.66. The first kappa shape index (κ1) is 15.2. The van der Waals surface area contributed by atoms with Crippen LogP contribution in [-0.4, -0.2) is 47.3 Å². The van der Waals surface area contributed by atoms with E-state index < -0.39 is 0 Å². The van der Waals surface area contributed by atoms with E-state index in [1.54, 1.807) is 12.1 Å². The third kappa shape index (κ3) is 2.80. The van der Waals surface area contributed by atoms with Gasteiger partial charge in [0.1, 0.15) is 5.82 Å². The summed E-state index contributed by atoms with van der Waals surface area (Å²) >= 11 is 0. The largest absolute Gasteiger partial charge is 0.403 e. The predicted molar refractivity (Wildman–Crippen MR) is 83.7 cm³/mol. The highest BCUT2D eigenvalue weighted by atomic mass is 35.5. The van der Waals surface area contributed by atoms with E-state index in [1.165, 1.54) is 12.1 Å². The number of rotatable bonds is 2. The zero-order valence-electron chi connectivity index (χ0n) is 12.1. The van der Waals surface area contributed by atoms with Crippen LogP contribution in [0.4, 0.5) is 10.4 Å². The summed E-state index contributed by atoms with van der Waals surface area (Å²) in [5.74, 6) is 0.0806. The molecular weight excluding hydrogens is 307 g/mol. The number of nitrogens with zero attached hydrogens (tertiary/aromatic N) is 4. The van der Waals surface area contributed by atoms with Crippen molar-refractivity contribution < 1.29 is 8.81 Å². The lowest BCUT2D eigenvalue weighted by Crippen LogP contribution is -2.38. The Morgan fingerprint density at radius 3 is 2.68 bits per heavy atom. The number of hydrogen-bond acceptors (Lipinski definition) is 5. The molecule has 3 fully saturated rings. The highest BCUT2D eigenvalue weighted by molar-refractivity contribution is 5.85. The van der Waals surface area contributed by atoms with Gasteiger partial charge in [-0.15, -0.1) is 17.5 Å². The van der Waals surface area contributed by atoms with Crippen molar-refractivity contribution in [3.8, 4) is 11.5 Å². The van der Waals surface area contributed by atoms with Crippen molar-refractivity contribution >= 4 is 18.4 Å². The van der Waals surface area contributed by atoms with Crippen LogP contribution in [0.5, 0.6) is 0 Å². The molecule has 0 atom stereocenters. The van der Waals surface area contributed by atoms with E-state index in [9.17, 15) is 4.39 Å². The van der Waals surface area contributed by atoms with Crippen molar-refractivity contribution in [1.82, 2.24) is 15.1 Å². The molecule has 0 aliphatic carbocycles. The van der Waals surface area contributed by atoms with Gasteiger partial charge in [-0.1, -0.05) is 11.2 Å². The molecule has 0 spiro atoms. The van der Waals surface area contributed by atoms with Crippen LogP contribution in [0.3, 0.4) is 0 Å². The van der Waals surface area contributed by atoms with E-state index in [2.05, 4.69) is 20.0 Å². The molecule has 2 aromatic rings. The van der Waals surface area contributed by atoms with Crippen LogP contribution in [0.1, 0.15) is 12.8 Å². The second kappa shape index (κ2) is 6.22. The minimum absolute atomic E-state index is 0. The molecular formula is C15H18ClFN4O. The summed E-state index contributed by atoms with van der Waals surface area (Å²) in [6.45, 7) is 4.24. The highest BCUT2D eigenvalue weighted by Gasteiger charge is 2.31. The van der Waals surface area contributed by atoms with Crippen LogP contribution in [0.25, 0.3) is 11.5 Å². The van der Waals surface area contributed by atoms with Gasteiger partial charge in [-0.25, -0.2) is 4.39 Å². The third-order valence-corrected chi connectivity index (χ3v) is 4.39. The first-order valence-corrected chi connectivity index (χ1v) is 7.38. The molecule has 3 aliphatic rings. The predicted octanol–water partition coefficient (Wildman–Crippen LogP) is 2.58. The van der Waals surface area contributed by atoms with Gasteiger partial charge in [0.15, 0.2) is 0 Å². The van der Waals surface area contributed by atoms with Crippen LogP contribution in [-0.2, 0) is 0 Å². The molecule has 0 unspecified atom stereocenters. The molecule has 2 bridgehead atoms. The Balaban J connectivity index is 0.00000144. The average molecular weight is 325 g/mol. The van der Waals surface area contributed by atoms with E-state index in [1.807, 2.05) is 0 Å². The number of piperidine rings is 1. The molecule has 1 aromatic carbocycles. The number of benzene rings is 1. The number of fused-ring (bicyclic) bond motifs is 4. The fourth-order valence-electron chi connectivity index (χ4n) is 3.21. The van der Waals surface area contributed by atoms with Crippen LogP contribution < -0.4 is 4.90 Å². The van der Waals surface area contributed by atoms with Gasteiger partial charge in [0.05, 0.1) is 0 Å². The minimum atomic E-state index is -0.298. The lowest BCUT2D eigenvalue weighted by molar-refractivity contribution is 0.249. The molecule has 3 aliphatic heterocycles. The molecule has 0 radical (unpaired) electrons. The van der Waals surface area contributed by atoms with Crippen LogP contribution in [0.2, 0.25) is 0 Å². The van der Waals surface area contributed by atoms with Gasteiger partial charge < -0.3 is 14.2 Å². The van der Waals surface area contributed by atoms with Crippen molar-refractivity contribution in [3.05, 3.63) is 30.1 Å². The average Bonchev–Trinajstić information content (AvgIpc) is 2.80. The molecule has 5 rings (SSSR count). The fraction of sp³-hybridized carbons (Fsp3) is 0.467. The summed E-state index contributed by atoms with van der Waals surface area (Å²) in [5.41, 5.74) is 0.622. The molecule has 5 nitrogen and oxygen atoms in total. The smallest absolute Gasteiger partial charge is 0.318 e. The number of hydrogen-bond donors (Lipinski definition) is 0. The van der Waals surface area contributed by atoms with E-state index in [-0.39, 0.29) is 18.2 Å². The number of aromatic nitrogens is 2. The first-order chi connectivity index (χ1) is 10.3. The molecule has 4 heterocycles. The van der Waals surface area contributed by atoms with Gasteiger partial charge in [0.2, 0.25) is 5.89 Å². The standard InChI is InChI=1S/C15H17FN4O.ClH/c16-12-3-1-2-11(10-12)14-17-18-15(21-14)20-9-8-19-6-4-13(20)5-7-19;/h1-3,10,13H,4-9H2;1H. The molecule has 7 heteroatoms. The van der Waals surface area contributed by atoms with Crippen molar-refractivity contribution in [2.75, 3.05) is 31.1 Å². The summed E-state index contributed by atoms with van der Waals surface area (Å²) in [6.07, 6.45) is 2.27. The lowest BCUT2D eigenvalue weighted by atomic mass is 10.1. The van der Waals surface area contributed by atoms with E-state index in [0.29, 0.717) is 23.5 Å². The normalized spacial score (nSPS) is 24.0. The Morgan fingerprint density at radius 2 is 1.91 bits per heavy atom. The maximum absolute atomic E-state index is 13.3. The Kier molecular flexibility index (Phi) is 4.31. The second-order valence-electron chi connectivity index (χ2n) is 5.67.